The van der Waals surface area contributed by atoms with Crippen molar-refractivity contribution >= 4 is 11.8 Å². The van der Waals surface area contributed by atoms with Crippen LogP contribution in [0.1, 0.15) is 31.9 Å². The third-order valence-electron chi connectivity index (χ3n) is 5.50. The second-order valence-corrected chi connectivity index (χ2v) is 9.75. The fourth-order valence-electron chi connectivity index (χ4n) is 3.50. The van der Waals surface area contributed by atoms with Crippen LogP contribution in [0.3, 0.4) is 0 Å². The number of ether oxygens (including phenoxy) is 2. The number of benzene rings is 3. The average Bonchev–Trinajstić information content (AvgIpc) is 3.26. The van der Waals surface area contributed by atoms with Crippen LogP contribution in [-0.4, -0.2) is 29.0 Å². The van der Waals surface area contributed by atoms with Gasteiger partial charge in [0.2, 0.25) is 0 Å². The maximum absolute atomic E-state index is 5.34. The first kappa shape index (κ1) is 22.9. The molecule has 0 saturated carbocycles. The number of methoxy groups -OCH3 is 2. The van der Waals surface area contributed by atoms with Crippen LogP contribution in [0.15, 0.2) is 78.0 Å². The lowest BCUT2D eigenvalue weighted by Gasteiger charge is -2.19. The Morgan fingerprint density at radius 1 is 0.758 bits per heavy atom. The predicted octanol–water partition coefficient (Wildman–Crippen LogP) is 6.54. The Morgan fingerprint density at radius 2 is 1.33 bits per heavy atom. The van der Waals surface area contributed by atoms with E-state index in [1.807, 2.05) is 48.5 Å². The van der Waals surface area contributed by atoms with Gasteiger partial charge >= 0.3 is 0 Å². The Morgan fingerprint density at radius 3 is 1.88 bits per heavy atom. The van der Waals surface area contributed by atoms with Gasteiger partial charge in [0.15, 0.2) is 11.0 Å². The van der Waals surface area contributed by atoms with Crippen LogP contribution in [0.4, 0.5) is 0 Å². The summed E-state index contributed by atoms with van der Waals surface area (Å²) in [7, 11) is 3.33. The Bertz CT molecular complexity index is 1190. The molecule has 0 atom stereocenters. The minimum Gasteiger partial charge on any atom is -0.497 e. The third kappa shape index (κ3) is 5.22. The molecule has 0 unspecified atom stereocenters. The van der Waals surface area contributed by atoms with Gasteiger partial charge in [-0.05, 0) is 65.1 Å². The van der Waals surface area contributed by atoms with E-state index in [9.17, 15) is 0 Å². The first-order valence-corrected chi connectivity index (χ1v) is 11.8. The molecule has 0 fully saturated rings. The van der Waals surface area contributed by atoms with E-state index in [-0.39, 0.29) is 5.41 Å². The highest BCUT2D eigenvalue weighted by Gasteiger charge is 2.17. The first-order valence-electron chi connectivity index (χ1n) is 10.9. The number of hydrogen-bond acceptors (Lipinski definition) is 5. The van der Waals surface area contributed by atoms with Gasteiger partial charge in [-0.2, -0.15) is 0 Å². The first-order chi connectivity index (χ1) is 15.9. The topological polar surface area (TPSA) is 49.2 Å². The highest BCUT2D eigenvalue weighted by molar-refractivity contribution is 7.98. The van der Waals surface area contributed by atoms with Crippen LogP contribution in [0.2, 0.25) is 0 Å². The van der Waals surface area contributed by atoms with Crippen LogP contribution < -0.4 is 9.47 Å². The van der Waals surface area contributed by atoms with Gasteiger partial charge < -0.3 is 9.47 Å². The Hall–Kier alpha value is -3.25. The average molecular weight is 460 g/mol. The normalized spacial score (nSPS) is 11.4. The molecule has 0 saturated heterocycles. The van der Waals surface area contributed by atoms with Crippen molar-refractivity contribution in [2.75, 3.05) is 14.2 Å². The molecule has 170 valence electrons. The van der Waals surface area contributed by atoms with Crippen LogP contribution >= 0.6 is 11.8 Å². The van der Waals surface area contributed by atoms with Gasteiger partial charge in [-0.15, -0.1) is 10.2 Å². The predicted molar refractivity (Wildman–Crippen MR) is 135 cm³/mol. The van der Waals surface area contributed by atoms with Crippen molar-refractivity contribution in [2.45, 2.75) is 37.1 Å². The van der Waals surface area contributed by atoms with Gasteiger partial charge in [0, 0.05) is 17.0 Å². The second kappa shape index (κ2) is 9.71. The molecule has 0 aliphatic rings. The molecule has 1 heterocycles. The SMILES string of the molecule is COc1ccc(-c2nnc(SCc3ccc(C(C)(C)C)cc3)n2-c2ccc(OC)cc2)cc1. The van der Waals surface area contributed by atoms with Crippen molar-refractivity contribution in [3.63, 3.8) is 0 Å². The fourth-order valence-corrected chi connectivity index (χ4v) is 4.41. The molecule has 0 N–H and O–H groups in total. The number of thioether (sulfide) groups is 1. The van der Waals surface area contributed by atoms with E-state index < -0.39 is 0 Å². The molecule has 4 aromatic rings. The minimum atomic E-state index is 0.146. The number of rotatable bonds is 7. The van der Waals surface area contributed by atoms with Crippen LogP contribution in [-0.2, 0) is 11.2 Å². The maximum Gasteiger partial charge on any atom is 0.196 e. The van der Waals surface area contributed by atoms with E-state index in [0.29, 0.717) is 0 Å². The lowest BCUT2D eigenvalue weighted by atomic mass is 9.87. The summed E-state index contributed by atoms with van der Waals surface area (Å²) in [6.45, 7) is 6.69. The summed E-state index contributed by atoms with van der Waals surface area (Å²) in [5.74, 6) is 3.21. The summed E-state index contributed by atoms with van der Waals surface area (Å²) in [6.07, 6.45) is 0. The molecule has 3 aromatic carbocycles. The van der Waals surface area contributed by atoms with Gasteiger partial charge in [-0.1, -0.05) is 56.8 Å². The summed E-state index contributed by atoms with van der Waals surface area (Å²) in [5, 5.41) is 9.92. The molecule has 6 heteroatoms. The Labute approximate surface area is 199 Å². The largest absolute Gasteiger partial charge is 0.497 e. The zero-order valence-corrected chi connectivity index (χ0v) is 20.5. The third-order valence-corrected chi connectivity index (χ3v) is 6.50. The number of aromatic nitrogens is 3. The van der Waals surface area contributed by atoms with E-state index in [1.54, 1.807) is 26.0 Å². The zero-order chi connectivity index (χ0) is 23.4. The molecular weight excluding hydrogens is 430 g/mol. The van der Waals surface area contributed by atoms with E-state index in [0.717, 1.165) is 39.5 Å². The second-order valence-electron chi connectivity index (χ2n) is 8.80. The molecule has 0 aliphatic heterocycles. The van der Waals surface area contributed by atoms with Crippen molar-refractivity contribution < 1.29 is 9.47 Å². The van der Waals surface area contributed by atoms with Crippen molar-refractivity contribution in [3.05, 3.63) is 83.9 Å². The molecule has 5 nitrogen and oxygen atoms in total. The smallest absolute Gasteiger partial charge is 0.196 e. The summed E-state index contributed by atoms with van der Waals surface area (Å²) >= 11 is 1.67. The Balaban J connectivity index is 1.66. The van der Waals surface area contributed by atoms with Gasteiger partial charge in [-0.3, -0.25) is 4.57 Å². The Kier molecular flexibility index (Phi) is 6.75. The van der Waals surface area contributed by atoms with Gasteiger partial charge in [0.25, 0.3) is 0 Å². The molecule has 0 amide bonds. The summed E-state index contributed by atoms with van der Waals surface area (Å²) in [4.78, 5) is 0. The van der Waals surface area contributed by atoms with Gasteiger partial charge in [-0.25, -0.2) is 0 Å². The van der Waals surface area contributed by atoms with Crippen molar-refractivity contribution in [1.29, 1.82) is 0 Å². The summed E-state index contributed by atoms with van der Waals surface area (Å²) in [6, 6.07) is 24.7. The van der Waals surface area contributed by atoms with Crippen molar-refractivity contribution in [2.24, 2.45) is 0 Å². The molecule has 33 heavy (non-hydrogen) atoms. The van der Waals surface area contributed by atoms with E-state index in [2.05, 4.69) is 59.8 Å². The standard InChI is InChI=1S/C27H29N3O2S/c1-27(2,3)21-10-6-19(7-11-21)18-33-26-29-28-25(20-8-14-23(31-4)15-9-20)30(26)22-12-16-24(32-5)17-13-22/h6-17H,18H2,1-5H3. The maximum atomic E-state index is 5.34. The quantitative estimate of drug-likeness (QED) is 0.294. The molecule has 0 radical (unpaired) electrons. The van der Waals surface area contributed by atoms with E-state index in [4.69, 9.17) is 9.47 Å². The highest BCUT2D eigenvalue weighted by Crippen LogP contribution is 2.32. The molecule has 1 aromatic heterocycles. The van der Waals surface area contributed by atoms with Crippen LogP contribution in [0.5, 0.6) is 11.5 Å². The van der Waals surface area contributed by atoms with Gasteiger partial charge in [0.1, 0.15) is 11.5 Å². The van der Waals surface area contributed by atoms with Gasteiger partial charge in [0.05, 0.1) is 14.2 Å². The summed E-state index contributed by atoms with van der Waals surface area (Å²) in [5.41, 5.74) is 4.69. The molecular formula is C27H29N3O2S. The molecule has 4 rings (SSSR count). The van der Waals surface area contributed by atoms with Crippen LogP contribution in [0.25, 0.3) is 17.1 Å². The molecule has 0 spiro atoms. The monoisotopic (exact) mass is 459 g/mol. The fraction of sp³-hybridized carbons (Fsp3) is 0.259. The molecule has 0 bridgehead atoms. The van der Waals surface area contributed by atoms with E-state index in [1.165, 1.54) is 11.1 Å². The minimum absolute atomic E-state index is 0.146. The van der Waals surface area contributed by atoms with Crippen LogP contribution in [0, 0.1) is 0 Å². The lowest BCUT2D eigenvalue weighted by Crippen LogP contribution is -2.10. The summed E-state index contributed by atoms with van der Waals surface area (Å²) < 4.78 is 12.7. The van der Waals surface area contributed by atoms with E-state index >= 15 is 0 Å². The van der Waals surface area contributed by atoms with Crippen molar-refractivity contribution in [3.8, 4) is 28.6 Å². The molecule has 0 aliphatic carbocycles. The highest BCUT2D eigenvalue weighted by atomic mass is 32.2. The zero-order valence-electron chi connectivity index (χ0n) is 19.7. The van der Waals surface area contributed by atoms with Crippen molar-refractivity contribution in [1.82, 2.24) is 14.8 Å². The lowest BCUT2D eigenvalue weighted by molar-refractivity contribution is 0.414. The number of hydrogen-bond donors (Lipinski definition) is 0. The number of nitrogens with zero attached hydrogens (tertiary/aromatic N) is 3.